The summed E-state index contributed by atoms with van der Waals surface area (Å²) >= 11 is 0. The van der Waals surface area contributed by atoms with Crippen molar-refractivity contribution in [1.29, 1.82) is 0 Å². The van der Waals surface area contributed by atoms with Gasteiger partial charge in [0, 0.05) is 12.6 Å². The predicted octanol–water partition coefficient (Wildman–Crippen LogP) is 2.02. The van der Waals surface area contributed by atoms with Crippen LogP contribution in [0.25, 0.3) is 0 Å². The highest BCUT2D eigenvalue weighted by molar-refractivity contribution is 5.83. The Morgan fingerprint density at radius 2 is 2.00 bits per heavy atom. The minimum absolute atomic E-state index is 0.0829. The van der Waals surface area contributed by atoms with Crippen LogP contribution in [0.1, 0.15) is 43.6 Å². The molecule has 1 saturated carbocycles. The standard InChI is InChI=1S/C17H25N3O/c18-19-17(21)15(13-6-2-1-3-7-13)12-20-11-10-14-8-4-5-9-16(14)20/h1-3,6-7,14-16H,4-5,8-12,18H2,(H,19,21). The molecule has 1 aromatic carbocycles. The maximum absolute atomic E-state index is 12.2. The highest BCUT2D eigenvalue weighted by atomic mass is 16.2. The molecule has 3 N–H and O–H groups in total. The average Bonchev–Trinajstić information content (AvgIpc) is 2.96. The van der Waals surface area contributed by atoms with Crippen molar-refractivity contribution in [3.8, 4) is 0 Å². The van der Waals surface area contributed by atoms with E-state index >= 15 is 0 Å². The Labute approximate surface area is 126 Å². The van der Waals surface area contributed by atoms with E-state index in [4.69, 9.17) is 5.84 Å². The molecule has 3 atom stereocenters. The molecule has 1 aliphatic heterocycles. The Hall–Kier alpha value is -1.39. The Morgan fingerprint density at radius 3 is 2.76 bits per heavy atom. The Bertz CT molecular complexity index is 476. The second-order valence-corrected chi connectivity index (χ2v) is 6.37. The topological polar surface area (TPSA) is 58.4 Å². The number of rotatable bonds is 4. The minimum atomic E-state index is -0.170. The molecule has 3 unspecified atom stereocenters. The summed E-state index contributed by atoms with van der Waals surface area (Å²) in [5.41, 5.74) is 3.40. The molecule has 4 nitrogen and oxygen atoms in total. The fraction of sp³-hybridized carbons (Fsp3) is 0.588. The number of benzene rings is 1. The molecular formula is C17H25N3O. The molecule has 0 aromatic heterocycles. The number of hydrogen-bond acceptors (Lipinski definition) is 3. The smallest absolute Gasteiger partial charge is 0.242 e. The van der Waals surface area contributed by atoms with E-state index in [0.717, 1.165) is 24.6 Å². The maximum Gasteiger partial charge on any atom is 0.242 e. The van der Waals surface area contributed by atoms with Crippen LogP contribution in [0.5, 0.6) is 0 Å². The van der Waals surface area contributed by atoms with Crippen molar-refractivity contribution < 1.29 is 4.79 Å². The van der Waals surface area contributed by atoms with Crippen LogP contribution in [0.2, 0.25) is 0 Å². The summed E-state index contributed by atoms with van der Waals surface area (Å²) in [5.74, 6) is 5.99. The van der Waals surface area contributed by atoms with Crippen LogP contribution in [0.4, 0.5) is 0 Å². The SMILES string of the molecule is NNC(=O)C(CN1CCC2CCCCC21)c1ccccc1. The first kappa shape index (κ1) is 14.5. The van der Waals surface area contributed by atoms with Gasteiger partial charge < -0.3 is 0 Å². The number of nitrogens with two attached hydrogens (primary N) is 1. The highest BCUT2D eigenvalue weighted by Gasteiger charge is 2.37. The van der Waals surface area contributed by atoms with Gasteiger partial charge in [-0.05, 0) is 37.3 Å². The largest absolute Gasteiger partial charge is 0.299 e. The quantitative estimate of drug-likeness (QED) is 0.506. The first-order chi connectivity index (χ1) is 10.3. The molecule has 1 heterocycles. The lowest BCUT2D eigenvalue weighted by Gasteiger charge is -2.33. The lowest BCUT2D eigenvalue weighted by Crippen LogP contribution is -2.43. The molecule has 0 spiro atoms. The average molecular weight is 287 g/mol. The van der Waals surface area contributed by atoms with E-state index in [2.05, 4.69) is 10.3 Å². The van der Waals surface area contributed by atoms with Crippen molar-refractivity contribution in [3.05, 3.63) is 35.9 Å². The number of fused-ring (bicyclic) bond motifs is 1. The Morgan fingerprint density at radius 1 is 1.24 bits per heavy atom. The van der Waals surface area contributed by atoms with E-state index in [1.54, 1.807) is 0 Å². The van der Waals surface area contributed by atoms with Gasteiger partial charge in [-0.15, -0.1) is 0 Å². The second-order valence-electron chi connectivity index (χ2n) is 6.37. The third-order valence-corrected chi connectivity index (χ3v) is 5.20. The fourth-order valence-corrected chi connectivity index (χ4v) is 4.09. The summed E-state index contributed by atoms with van der Waals surface area (Å²) in [7, 11) is 0. The van der Waals surface area contributed by atoms with Crippen LogP contribution < -0.4 is 11.3 Å². The van der Waals surface area contributed by atoms with Gasteiger partial charge in [0.1, 0.15) is 0 Å². The van der Waals surface area contributed by atoms with Gasteiger partial charge in [-0.3, -0.25) is 15.1 Å². The predicted molar refractivity (Wildman–Crippen MR) is 83.4 cm³/mol. The van der Waals surface area contributed by atoms with E-state index in [1.807, 2.05) is 30.3 Å². The Balaban J connectivity index is 1.74. The molecule has 4 heteroatoms. The van der Waals surface area contributed by atoms with E-state index in [0.29, 0.717) is 6.04 Å². The van der Waals surface area contributed by atoms with Crippen molar-refractivity contribution >= 4 is 5.91 Å². The molecule has 1 amide bonds. The zero-order valence-electron chi connectivity index (χ0n) is 12.5. The van der Waals surface area contributed by atoms with Gasteiger partial charge in [-0.25, -0.2) is 5.84 Å². The third kappa shape index (κ3) is 3.11. The normalized spacial score (nSPS) is 27.1. The summed E-state index contributed by atoms with van der Waals surface area (Å²) in [4.78, 5) is 14.7. The van der Waals surface area contributed by atoms with Crippen molar-refractivity contribution in [2.24, 2.45) is 11.8 Å². The number of amides is 1. The van der Waals surface area contributed by atoms with Crippen molar-refractivity contribution in [2.45, 2.75) is 44.1 Å². The second kappa shape index (κ2) is 6.58. The van der Waals surface area contributed by atoms with E-state index < -0.39 is 0 Å². The molecular weight excluding hydrogens is 262 g/mol. The van der Waals surface area contributed by atoms with Crippen molar-refractivity contribution in [3.63, 3.8) is 0 Å². The summed E-state index contributed by atoms with van der Waals surface area (Å²) < 4.78 is 0. The fourth-order valence-electron chi connectivity index (χ4n) is 4.09. The number of hydrazine groups is 1. The molecule has 0 radical (unpaired) electrons. The minimum Gasteiger partial charge on any atom is -0.299 e. The molecule has 2 fully saturated rings. The van der Waals surface area contributed by atoms with Gasteiger partial charge in [-0.2, -0.15) is 0 Å². The van der Waals surface area contributed by atoms with E-state index in [1.165, 1.54) is 32.1 Å². The molecule has 1 aromatic rings. The molecule has 3 rings (SSSR count). The van der Waals surface area contributed by atoms with Crippen LogP contribution in [0, 0.1) is 5.92 Å². The first-order valence-electron chi connectivity index (χ1n) is 8.09. The number of nitrogens with one attached hydrogen (secondary N) is 1. The van der Waals surface area contributed by atoms with Gasteiger partial charge in [0.2, 0.25) is 5.91 Å². The van der Waals surface area contributed by atoms with Gasteiger partial charge in [0.05, 0.1) is 5.92 Å². The molecule has 2 aliphatic rings. The number of hydrogen-bond donors (Lipinski definition) is 2. The van der Waals surface area contributed by atoms with Gasteiger partial charge >= 0.3 is 0 Å². The lowest BCUT2D eigenvalue weighted by molar-refractivity contribution is -0.123. The van der Waals surface area contributed by atoms with E-state index in [-0.39, 0.29) is 11.8 Å². The molecule has 114 valence electrons. The zero-order valence-corrected chi connectivity index (χ0v) is 12.5. The van der Waals surface area contributed by atoms with Gasteiger partial charge in [0.15, 0.2) is 0 Å². The molecule has 21 heavy (non-hydrogen) atoms. The number of carbonyl (C=O) groups is 1. The van der Waals surface area contributed by atoms with Crippen LogP contribution >= 0.6 is 0 Å². The van der Waals surface area contributed by atoms with Gasteiger partial charge in [0.25, 0.3) is 0 Å². The van der Waals surface area contributed by atoms with Crippen molar-refractivity contribution in [1.82, 2.24) is 10.3 Å². The summed E-state index contributed by atoms with van der Waals surface area (Å²) in [6.45, 7) is 1.91. The number of nitrogens with zero attached hydrogens (tertiary/aromatic N) is 1. The van der Waals surface area contributed by atoms with E-state index in [9.17, 15) is 4.79 Å². The van der Waals surface area contributed by atoms with Crippen LogP contribution in [-0.2, 0) is 4.79 Å². The molecule has 0 bridgehead atoms. The molecule has 1 aliphatic carbocycles. The van der Waals surface area contributed by atoms with Crippen LogP contribution in [0.15, 0.2) is 30.3 Å². The summed E-state index contributed by atoms with van der Waals surface area (Å²) in [6, 6.07) is 10.7. The Kier molecular flexibility index (Phi) is 4.56. The number of likely N-dealkylation sites (tertiary alicyclic amines) is 1. The first-order valence-corrected chi connectivity index (χ1v) is 8.09. The third-order valence-electron chi connectivity index (χ3n) is 5.20. The summed E-state index contributed by atoms with van der Waals surface area (Å²) in [5, 5.41) is 0. The monoisotopic (exact) mass is 287 g/mol. The highest BCUT2D eigenvalue weighted by Crippen LogP contribution is 2.37. The number of carbonyl (C=O) groups excluding carboxylic acids is 1. The maximum atomic E-state index is 12.2. The summed E-state index contributed by atoms with van der Waals surface area (Å²) in [6.07, 6.45) is 6.64. The van der Waals surface area contributed by atoms with Crippen LogP contribution in [-0.4, -0.2) is 29.9 Å². The van der Waals surface area contributed by atoms with Gasteiger partial charge in [-0.1, -0.05) is 43.2 Å². The van der Waals surface area contributed by atoms with Crippen LogP contribution in [0.3, 0.4) is 0 Å². The molecule has 1 saturated heterocycles. The lowest BCUT2D eigenvalue weighted by atomic mass is 9.85. The zero-order chi connectivity index (χ0) is 14.7. The van der Waals surface area contributed by atoms with Crippen molar-refractivity contribution in [2.75, 3.05) is 13.1 Å².